The summed E-state index contributed by atoms with van der Waals surface area (Å²) in [5, 5.41) is 14.2. The molecule has 1 saturated heterocycles. The van der Waals surface area contributed by atoms with E-state index < -0.39 is 5.97 Å². The van der Waals surface area contributed by atoms with Crippen molar-refractivity contribution in [2.75, 3.05) is 11.6 Å². The predicted molar refractivity (Wildman–Crippen MR) is 69.0 cm³/mol. The first kappa shape index (κ1) is 12.2. The zero-order chi connectivity index (χ0) is 14.1. The van der Waals surface area contributed by atoms with Gasteiger partial charge >= 0.3 is 5.97 Å². The normalized spacial score (nSPS) is 14.4. The number of benzene rings is 1. The Morgan fingerprint density at radius 3 is 2.65 bits per heavy atom. The minimum absolute atomic E-state index is 0.00308. The predicted octanol–water partition coefficient (Wildman–Crippen LogP) is 1.28. The molecule has 20 heavy (non-hydrogen) atoms. The van der Waals surface area contributed by atoms with Crippen molar-refractivity contribution in [3.63, 3.8) is 0 Å². The third-order valence-electron chi connectivity index (χ3n) is 3.02. The van der Waals surface area contributed by atoms with Crippen LogP contribution in [-0.2, 0) is 4.79 Å². The lowest BCUT2D eigenvalue weighted by Gasteiger charge is -2.17. The van der Waals surface area contributed by atoms with E-state index in [-0.39, 0.29) is 11.7 Å². The molecule has 1 aromatic heterocycles. The SMILES string of the molecule is O=C1CCN(c2ccc(-c3cc(C(=O)O)on3)cc2)N1. The maximum atomic E-state index is 11.2. The van der Waals surface area contributed by atoms with Crippen molar-refractivity contribution in [1.29, 1.82) is 0 Å². The van der Waals surface area contributed by atoms with Crippen LogP contribution in [0, 0.1) is 0 Å². The van der Waals surface area contributed by atoms with Crippen molar-refractivity contribution in [2.24, 2.45) is 0 Å². The topological polar surface area (TPSA) is 95.7 Å². The number of anilines is 1. The molecule has 3 rings (SSSR count). The number of hydrogen-bond donors (Lipinski definition) is 2. The van der Waals surface area contributed by atoms with E-state index in [0.717, 1.165) is 11.3 Å². The Hall–Kier alpha value is -2.83. The number of aromatic carboxylic acids is 1. The number of carbonyl (C=O) groups excluding carboxylic acids is 1. The molecule has 1 aliphatic heterocycles. The maximum Gasteiger partial charge on any atom is 0.374 e. The van der Waals surface area contributed by atoms with E-state index in [9.17, 15) is 9.59 Å². The van der Waals surface area contributed by atoms with E-state index in [1.54, 1.807) is 17.1 Å². The number of carboxylic acids is 1. The minimum atomic E-state index is -1.15. The first-order chi connectivity index (χ1) is 9.63. The van der Waals surface area contributed by atoms with Crippen LogP contribution in [0.1, 0.15) is 17.0 Å². The molecular formula is C13H11N3O4. The molecule has 0 spiro atoms. The van der Waals surface area contributed by atoms with Gasteiger partial charge in [-0.15, -0.1) is 0 Å². The van der Waals surface area contributed by atoms with Crippen LogP contribution in [0.2, 0.25) is 0 Å². The molecule has 2 aromatic rings. The molecule has 1 aliphatic rings. The van der Waals surface area contributed by atoms with Crippen molar-refractivity contribution in [1.82, 2.24) is 10.6 Å². The number of hydrogen-bond acceptors (Lipinski definition) is 5. The summed E-state index contributed by atoms with van der Waals surface area (Å²) in [4.78, 5) is 21.9. The fraction of sp³-hybridized carbons (Fsp3) is 0.154. The molecule has 0 bridgehead atoms. The van der Waals surface area contributed by atoms with Crippen LogP contribution in [-0.4, -0.2) is 28.7 Å². The molecule has 7 heteroatoms. The Labute approximate surface area is 113 Å². The summed E-state index contributed by atoms with van der Waals surface area (Å²) in [5.41, 5.74) is 4.80. The van der Waals surface area contributed by atoms with Crippen LogP contribution in [0.4, 0.5) is 5.69 Å². The first-order valence-corrected chi connectivity index (χ1v) is 6.01. The summed E-state index contributed by atoms with van der Waals surface area (Å²) in [5.74, 6) is -1.35. The fourth-order valence-corrected chi connectivity index (χ4v) is 1.99. The van der Waals surface area contributed by atoms with Crippen molar-refractivity contribution in [3.05, 3.63) is 36.1 Å². The Morgan fingerprint density at radius 1 is 1.35 bits per heavy atom. The Bertz CT molecular complexity index is 663. The van der Waals surface area contributed by atoms with Gasteiger partial charge in [0.05, 0.1) is 5.69 Å². The van der Waals surface area contributed by atoms with Crippen LogP contribution in [0.3, 0.4) is 0 Å². The lowest BCUT2D eigenvalue weighted by molar-refractivity contribution is -0.119. The van der Waals surface area contributed by atoms with Gasteiger partial charge in [-0.05, 0) is 12.1 Å². The molecule has 7 nitrogen and oxygen atoms in total. The largest absolute Gasteiger partial charge is 0.475 e. The first-order valence-electron chi connectivity index (χ1n) is 6.01. The van der Waals surface area contributed by atoms with E-state index in [2.05, 4.69) is 10.6 Å². The smallest absolute Gasteiger partial charge is 0.374 e. The van der Waals surface area contributed by atoms with Gasteiger partial charge < -0.3 is 9.63 Å². The van der Waals surface area contributed by atoms with Gasteiger partial charge in [-0.25, -0.2) is 4.79 Å². The number of carboxylic acid groups (broad SMARTS) is 1. The molecule has 0 atom stereocenters. The summed E-state index contributed by atoms with van der Waals surface area (Å²) in [7, 11) is 0. The van der Waals surface area contributed by atoms with Gasteiger partial charge in [0.2, 0.25) is 11.7 Å². The number of rotatable bonds is 3. The van der Waals surface area contributed by atoms with E-state index in [4.69, 9.17) is 9.63 Å². The average molecular weight is 273 g/mol. The van der Waals surface area contributed by atoms with Crippen LogP contribution in [0.15, 0.2) is 34.9 Å². The van der Waals surface area contributed by atoms with Crippen LogP contribution < -0.4 is 10.4 Å². The zero-order valence-electron chi connectivity index (χ0n) is 10.4. The number of amides is 1. The lowest BCUT2D eigenvalue weighted by atomic mass is 10.1. The Morgan fingerprint density at radius 2 is 2.10 bits per heavy atom. The third-order valence-corrected chi connectivity index (χ3v) is 3.02. The molecule has 1 aromatic carbocycles. The minimum Gasteiger partial charge on any atom is -0.475 e. The van der Waals surface area contributed by atoms with Gasteiger partial charge in [-0.2, -0.15) is 0 Å². The molecule has 1 amide bonds. The summed E-state index contributed by atoms with van der Waals surface area (Å²) < 4.78 is 4.71. The van der Waals surface area contributed by atoms with Crippen molar-refractivity contribution >= 4 is 17.6 Å². The van der Waals surface area contributed by atoms with Gasteiger partial charge in [0.25, 0.3) is 0 Å². The average Bonchev–Trinajstić information content (AvgIpc) is 3.08. The van der Waals surface area contributed by atoms with Crippen LogP contribution in [0.5, 0.6) is 0 Å². The summed E-state index contributed by atoms with van der Waals surface area (Å²) in [6, 6.07) is 8.62. The highest BCUT2D eigenvalue weighted by Crippen LogP contribution is 2.23. The van der Waals surface area contributed by atoms with Gasteiger partial charge in [0.15, 0.2) is 0 Å². The molecule has 0 unspecified atom stereocenters. The lowest BCUT2D eigenvalue weighted by Crippen LogP contribution is -2.32. The highest BCUT2D eigenvalue weighted by atomic mass is 16.5. The second-order valence-corrected chi connectivity index (χ2v) is 4.37. The van der Waals surface area contributed by atoms with Gasteiger partial charge in [-0.1, -0.05) is 17.3 Å². The maximum absolute atomic E-state index is 11.2. The van der Waals surface area contributed by atoms with Crippen molar-refractivity contribution in [3.8, 4) is 11.3 Å². The number of hydrazine groups is 1. The van der Waals surface area contributed by atoms with Crippen molar-refractivity contribution in [2.45, 2.75) is 6.42 Å². The summed E-state index contributed by atoms with van der Waals surface area (Å²) >= 11 is 0. The van der Waals surface area contributed by atoms with Crippen molar-refractivity contribution < 1.29 is 19.2 Å². The molecular weight excluding hydrogens is 262 g/mol. The van der Waals surface area contributed by atoms with E-state index >= 15 is 0 Å². The number of carbonyl (C=O) groups is 2. The van der Waals surface area contributed by atoms with Gasteiger partial charge in [-0.3, -0.25) is 15.2 Å². The van der Waals surface area contributed by atoms with E-state index in [1.165, 1.54) is 6.07 Å². The molecule has 2 N–H and O–H groups in total. The zero-order valence-corrected chi connectivity index (χ0v) is 10.4. The molecule has 102 valence electrons. The number of aromatic nitrogens is 1. The standard InChI is InChI=1S/C13H11N3O4/c17-12-5-6-16(14-12)9-3-1-8(2-4-9)10-7-11(13(18)19)20-15-10/h1-4,7H,5-6H2,(H,14,17)(H,18,19). The second-order valence-electron chi connectivity index (χ2n) is 4.37. The molecule has 0 saturated carbocycles. The number of nitrogens with zero attached hydrogens (tertiary/aromatic N) is 2. The second kappa shape index (κ2) is 4.69. The van der Waals surface area contributed by atoms with Gasteiger partial charge in [0, 0.05) is 24.6 Å². The highest BCUT2D eigenvalue weighted by Gasteiger charge is 2.18. The quantitative estimate of drug-likeness (QED) is 0.874. The molecule has 2 heterocycles. The Kier molecular flexibility index (Phi) is 2.86. The molecule has 1 fully saturated rings. The number of nitrogens with one attached hydrogen (secondary N) is 1. The third kappa shape index (κ3) is 2.20. The van der Waals surface area contributed by atoms with Gasteiger partial charge in [0.1, 0.15) is 5.69 Å². The molecule has 0 aliphatic carbocycles. The fourth-order valence-electron chi connectivity index (χ4n) is 1.99. The summed E-state index contributed by atoms with van der Waals surface area (Å²) in [6.45, 7) is 0.630. The van der Waals surface area contributed by atoms with E-state index in [0.29, 0.717) is 18.7 Å². The van der Waals surface area contributed by atoms with Crippen LogP contribution >= 0.6 is 0 Å². The molecule has 0 radical (unpaired) electrons. The summed E-state index contributed by atoms with van der Waals surface area (Å²) in [6.07, 6.45) is 0.479. The Balaban J connectivity index is 1.81. The highest BCUT2D eigenvalue weighted by molar-refractivity contribution is 5.86. The van der Waals surface area contributed by atoms with Crippen LogP contribution in [0.25, 0.3) is 11.3 Å². The van der Waals surface area contributed by atoms with E-state index in [1.807, 2.05) is 12.1 Å². The monoisotopic (exact) mass is 273 g/mol.